The molecule has 0 aromatic heterocycles. The average Bonchev–Trinajstić information content (AvgIpc) is 3.10. The molecule has 0 spiro atoms. The molecule has 0 bridgehead atoms. The minimum atomic E-state index is -0.482. The number of carbonyl (C=O) groups excluding carboxylic acids is 1. The number of hydrogen-bond donors (Lipinski definition) is 2. The molecule has 3 rings (SSSR count). The Hall–Kier alpha value is -1.74. The molecule has 2 fully saturated rings. The molecular formula is C16H24ClN5O3. The minimum Gasteiger partial charge on any atom is -0.319 e. The Bertz CT molecular complexity index is 601. The van der Waals surface area contributed by atoms with Gasteiger partial charge in [0.15, 0.2) is 0 Å². The van der Waals surface area contributed by atoms with Gasteiger partial charge in [-0.15, -0.1) is 12.4 Å². The number of rotatable bonds is 5. The van der Waals surface area contributed by atoms with Crippen molar-refractivity contribution >= 4 is 29.7 Å². The van der Waals surface area contributed by atoms with Crippen LogP contribution in [0.15, 0.2) is 24.3 Å². The summed E-state index contributed by atoms with van der Waals surface area (Å²) in [5.74, 6) is -0.208. The molecule has 1 aromatic carbocycles. The van der Waals surface area contributed by atoms with Gasteiger partial charge >= 0.3 is 0 Å². The van der Waals surface area contributed by atoms with E-state index in [9.17, 15) is 14.9 Å². The van der Waals surface area contributed by atoms with Gasteiger partial charge in [0.2, 0.25) is 5.91 Å². The van der Waals surface area contributed by atoms with E-state index in [-0.39, 0.29) is 36.2 Å². The Morgan fingerprint density at radius 2 is 2.00 bits per heavy atom. The maximum atomic E-state index is 12.2. The van der Waals surface area contributed by atoms with Crippen molar-refractivity contribution in [1.82, 2.24) is 15.1 Å². The predicted molar refractivity (Wildman–Crippen MR) is 98.3 cm³/mol. The molecule has 9 heteroatoms. The van der Waals surface area contributed by atoms with E-state index in [1.54, 1.807) is 18.2 Å². The van der Waals surface area contributed by atoms with Crippen LogP contribution in [0.5, 0.6) is 0 Å². The monoisotopic (exact) mass is 369 g/mol. The fraction of sp³-hybridized carbons (Fsp3) is 0.562. The molecule has 1 aromatic rings. The Morgan fingerprint density at radius 1 is 1.28 bits per heavy atom. The van der Waals surface area contributed by atoms with Crippen LogP contribution < -0.4 is 10.6 Å². The maximum Gasteiger partial charge on any atom is 0.292 e. The van der Waals surface area contributed by atoms with Crippen LogP contribution in [0, 0.1) is 10.1 Å². The van der Waals surface area contributed by atoms with E-state index < -0.39 is 4.92 Å². The number of halogens is 1. The number of nitrogens with one attached hydrogen (secondary N) is 2. The van der Waals surface area contributed by atoms with Gasteiger partial charge < -0.3 is 10.6 Å². The number of hydrogen-bond acceptors (Lipinski definition) is 6. The number of para-hydroxylation sites is 2. The summed E-state index contributed by atoms with van der Waals surface area (Å²) in [5, 5.41) is 17.0. The van der Waals surface area contributed by atoms with Crippen molar-refractivity contribution < 1.29 is 9.72 Å². The van der Waals surface area contributed by atoms with E-state index >= 15 is 0 Å². The van der Waals surface area contributed by atoms with Gasteiger partial charge in [-0.25, -0.2) is 0 Å². The van der Waals surface area contributed by atoms with Crippen LogP contribution in [-0.4, -0.2) is 72.5 Å². The highest BCUT2D eigenvalue weighted by atomic mass is 35.5. The third-order valence-electron chi connectivity index (χ3n) is 4.70. The second kappa shape index (κ2) is 9.10. The van der Waals surface area contributed by atoms with Gasteiger partial charge in [0, 0.05) is 44.8 Å². The first-order chi connectivity index (χ1) is 11.6. The van der Waals surface area contributed by atoms with Crippen molar-refractivity contribution in [1.29, 1.82) is 0 Å². The molecule has 1 unspecified atom stereocenters. The second-order valence-electron chi connectivity index (χ2n) is 6.28. The van der Waals surface area contributed by atoms with Crippen LogP contribution in [0.2, 0.25) is 0 Å². The number of nitro groups is 1. The smallest absolute Gasteiger partial charge is 0.292 e. The molecule has 2 heterocycles. The van der Waals surface area contributed by atoms with Crippen molar-refractivity contribution in [2.75, 3.05) is 51.1 Å². The summed E-state index contributed by atoms with van der Waals surface area (Å²) in [6, 6.07) is 6.83. The Kier molecular flexibility index (Phi) is 7.12. The minimum absolute atomic E-state index is 0. The zero-order valence-corrected chi connectivity index (χ0v) is 14.8. The Morgan fingerprint density at radius 3 is 2.64 bits per heavy atom. The highest BCUT2D eigenvalue weighted by Crippen LogP contribution is 2.23. The van der Waals surface area contributed by atoms with Gasteiger partial charge in [-0.1, -0.05) is 12.1 Å². The topological polar surface area (TPSA) is 90.8 Å². The molecule has 138 valence electrons. The fourth-order valence-electron chi connectivity index (χ4n) is 3.37. The molecule has 2 aliphatic heterocycles. The number of benzene rings is 1. The third-order valence-corrected chi connectivity index (χ3v) is 4.70. The zero-order chi connectivity index (χ0) is 16.9. The summed E-state index contributed by atoms with van der Waals surface area (Å²) in [6.07, 6.45) is 1.19. The van der Waals surface area contributed by atoms with E-state index in [1.165, 1.54) is 12.5 Å². The number of nitro benzene ring substituents is 1. The summed E-state index contributed by atoms with van der Waals surface area (Å²) in [7, 11) is 0. The second-order valence-corrected chi connectivity index (χ2v) is 6.28. The van der Waals surface area contributed by atoms with Crippen molar-refractivity contribution in [2.45, 2.75) is 12.5 Å². The van der Waals surface area contributed by atoms with Crippen molar-refractivity contribution in [3.8, 4) is 0 Å². The first-order valence-electron chi connectivity index (χ1n) is 8.34. The lowest BCUT2D eigenvalue weighted by Gasteiger charge is -2.37. The first-order valence-corrected chi connectivity index (χ1v) is 8.34. The summed E-state index contributed by atoms with van der Waals surface area (Å²) < 4.78 is 0. The van der Waals surface area contributed by atoms with E-state index in [1.807, 2.05) is 0 Å². The standard InChI is InChI=1S/C16H23N5O3.ClH/c22-16(18-14-3-1-2-4-15(14)21(23)24)12-19-7-9-20(10-8-19)13-5-6-17-11-13;/h1-4,13,17H,5-12H2,(H,18,22);1H. The molecule has 8 nitrogen and oxygen atoms in total. The largest absolute Gasteiger partial charge is 0.319 e. The lowest BCUT2D eigenvalue weighted by molar-refractivity contribution is -0.383. The molecular weight excluding hydrogens is 346 g/mol. The quantitative estimate of drug-likeness (QED) is 0.593. The normalized spacial score (nSPS) is 21.5. The number of amides is 1. The molecule has 2 saturated heterocycles. The fourth-order valence-corrected chi connectivity index (χ4v) is 3.37. The van der Waals surface area contributed by atoms with Crippen molar-refractivity contribution in [2.24, 2.45) is 0 Å². The first kappa shape index (κ1) is 19.6. The molecule has 2 N–H and O–H groups in total. The summed E-state index contributed by atoms with van der Waals surface area (Å²) in [4.78, 5) is 27.3. The van der Waals surface area contributed by atoms with Crippen molar-refractivity contribution in [3.63, 3.8) is 0 Å². The van der Waals surface area contributed by atoms with E-state index in [4.69, 9.17) is 0 Å². The molecule has 2 aliphatic rings. The van der Waals surface area contributed by atoms with Gasteiger partial charge in [-0.3, -0.25) is 24.7 Å². The number of nitrogens with zero attached hydrogens (tertiary/aromatic N) is 3. The van der Waals surface area contributed by atoms with E-state index in [0.717, 1.165) is 39.3 Å². The van der Waals surface area contributed by atoms with Gasteiger partial charge in [0.1, 0.15) is 5.69 Å². The molecule has 0 saturated carbocycles. The van der Waals surface area contributed by atoms with Crippen LogP contribution in [0.4, 0.5) is 11.4 Å². The molecule has 0 aliphatic carbocycles. The number of piperazine rings is 1. The predicted octanol–water partition coefficient (Wildman–Crippen LogP) is 0.935. The Balaban J connectivity index is 0.00000225. The van der Waals surface area contributed by atoms with E-state index in [2.05, 4.69) is 20.4 Å². The van der Waals surface area contributed by atoms with Gasteiger partial charge in [0.25, 0.3) is 5.69 Å². The summed E-state index contributed by atoms with van der Waals surface area (Å²) in [5.41, 5.74) is 0.174. The zero-order valence-electron chi connectivity index (χ0n) is 14.0. The van der Waals surface area contributed by atoms with Gasteiger partial charge in [-0.05, 0) is 19.0 Å². The van der Waals surface area contributed by atoms with Crippen LogP contribution in [0.1, 0.15) is 6.42 Å². The van der Waals surface area contributed by atoms with Gasteiger partial charge in [0.05, 0.1) is 11.5 Å². The molecule has 0 radical (unpaired) electrons. The lowest BCUT2D eigenvalue weighted by Crippen LogP contribution is -2.52. The molecule has 25 heavy (non-hydrogen) atoms. The summed E-state index contributed by atoms with van der Waals surface area (Å²) >= 11 is 0. The third kappa shape index (κ3) is 5.12. The average molecular weight is 370 g/mol. The summed E-state index contributed by atoms with van der Waals surface area (Å²) in [6.45, 7) is 6.03. The van der Waals surface area contributed by atoms with Crippen LogP contribution >= 0.6 is 12.4 Å². The van der Waals surface area contributed by atoms with Crippen molar-refractivity contribution in [3.05, 3.63) is 34.4 Å². The Labute approximate surface area is 153 Å². The molecule has 1 atom stereocenters. The van der Waals surface area contributed by atoms with E-state index in [0.29, 0.717) is 6.04 Å². The van der Waals surface area contributed by atoms with Crippen LogP contribution in [0.3, 0.4) is 0 Å². The van der Waals surface area contributed by atoms with Crippen LogP contribution in [0.25, 0.3) is 0 Å². The highest BCUT2D eigenvalue weighted by Gasteiger charge is 2.26. The SMILES string of the molecule is Cl.O=C(CN1CCN(C2CCNC2)CC1)Nc1ccccc1[N+](=O)[O-]. The lowest BCUT2D eigenvalue weighted by atomic mass is 10.2. The maximum absolute atomic E-state index is 12.2. The van der Waals surface area contributed by atoms with Crippen LogP contribution in [-0.2, 0) is 4.79 Å². The van der Waals surface area contributed by atoms with Gasteiger partial charge in [-0.2, -0.15) is 0 Å². The molecule has 1 amide bonds. The number of carbonyl (C=O) groups is 1. The highest BCUT2D eigenvalue weighted by molar-refractivity contribution is 5.94. The number of anilines is 1.